The predicted molar refractivity (Wildman–Crippen MR) is 77.9 cm³/mol. The number of hydrogen-bond acceptors (Lipinski definition) is 3. The number of carbonyl (C=O) groups excluding carboxylic acids is 1. The molecular weight excluding hydrogens is 252 g/mol. The van der Waals surface area contributed by atoms with Crippen LogP contribution in [-0.2, 0) is 11.3 Å². The van der Waals surface area contributed by atoms with Crippen molar-refractivity contribution >= 4 is 5.91 Å². The van der Waals surface area contributed by atoms with Crippen LogP contribution in [0.25, 0.3) is 11.4 Å². The number of pyridine rings is 1. The van der Waals surface area contributed by atoms with Gasteiger partial charge in [-0.15, -0.1) is 0 Å². The Labute approximate surface area is 119 Å². The van der Waals surface area contributed by atoms with Gasteiger partial charge in [0, 0.05) is 24.4 Å². The molecule has 0 radical (unpaired) electrons. The van der Waals surface area contributed by atoms with Gasteiger partial charge in [-0.3, -0.25) is 14.5 Å². The molecule has 106 valence electrons. The third kappa shape index (κ3) is 3.66. The molecule has 0 saturated heterocycles. The highest BCUT2D eigenvalue weighted by Crippen LogP contribution is 2.13. The topological polar surface area (TPSA) is 59.8 Å². The van der Waals surface area contributed by atoms with Gasteiger partial charge in [-0.2, -0.15) is 5.10 Å². The first-order valence-electron chi connectivity index (χ1n) is 6.70. The Hall–Kier alpha value is -2.17. The maximum absolute atomic E-state index is 11.7. The monoisotopic (exact) mass is 272 g/mol. The van der Waals surface area contributed by atoms with Gasteiger partial charge in [0.1, 0.15) is 5.69 Å². The average molecular weight is 272 g/mol. The summed E-state index contributed by atoms with van der Waals surface area (Å²) in [6.45, 7) is 6.91. The van der Waals surface area contributed by atoms with Gasteiger partial charge in [-0.05, 0) is 18.2 Å². The Morgan fingerprint density at radius 2 is 2.05 bits per heavy atom. The van der Waals surface area contributed by atoms with Gasteiger partial charge in [0.2, 0.25) is 5.91 Å². The van der Waals surface area contributed by atoms with E-state index in [0.717, 1.165) is 11.4 Å². The quantitative estimate of drug-likeness (QED) is 0.927. The molecule has 2 aromatic heterocycles. The summed E-state index contributed by atoms with van der Waals surface area (Å²) in [5.74, 6) is 0.0506. The normalized spacial score (nSPS) is 11.3. The Morgan fingerprint density at radius 3 is 2.70 bits per heavy atom. The molecule has 1 N–H and O–H groups in total. The van der Waals surface area contributed by atoms with Gasteiger partial charge in [0.15, 0.2) is 0 Å². The molecule has 5 nitrogen and oxygen atoms in total. The first-order valence-corrected chi connectivity index (χ1v) is 6.70. The van der Waals surface area contributed by atoms with Crippen LogP contribution in [-0.4, -0.2) is 27.2 Å². The minimum atomic E-state index is -0.358. The molecule has 0 aliphatic rings. The van der Waals surface area contributed by atoms with E-state index in [-0.39, 0.29) is 11.3 Å². The van der Waals surface area contributed by atoms with Crippen LogP contribution < -0.4 is 5.32 Å². The second-order valence-electron chi connectivity index (χ2n) is 5.68. The summed E-state index contributed by atoms with van der Waals surface area (Å²) >= 11 is 0. The maximum atomic E-state index is 11.7. The van der Waals surface area contributed by atoms with Crippen LogP contribution in [0.4, 0.5) is 0 Å². The summed E-state index contributed by atoms with van der Waals surface area (Å²) in [4.78, 5) is 16.0. The van der Waals surface area contributed by atoms with Gasteiger partial charge in [-0.25, -0.2) is 0 Å². The molecule has 2 aromatic rings. The lowest BCUT2D eigenvalue weighted by Crippen LogP contribution is -2.36. The van der Waals surface area contributed by atoms with E-state index in [1.54, 1.807) is 6.20 Å². The molecule has 0 aromatic carbocycles. The van der Waals surface area contributed by atoms with Crippen LogP contribution in [0.15, 0.2) is 36.7 Å². The summed E-state index contributed by atoms with van der Waals surface area (Å²) in [6, 6.07) is 7.66. The predicted octanol–water partition coefficient (Wildman–Crippen LogP) is 2.11. The molecule has 0 fully saturated rings. The zero-order valence-electron chi connectivity index (χ0n) is 12.1. The Morgan fingerprint density at radius 1 is 1.25 bits per heavy atom. The maximum Gasteiger partial charge on any atom is 0.225 e. The second kappa shape index (κ2) is 5.86. The smallest absolute Gasteiger partial charge is 0.225 e. The standard InChI is InChI=1S/C15H20N4O/c1-15(2,3)14(20)17-9-11-19-10-7-13(18-19)12-6-4-5-8-16-12/h4-8,10H,9,11H2,1-3H3,(H,17,20). The summed E-state index contributed by atoms with van der Waals surface area (Å²) in [5, 5.41) is 7.35. The van der Waals surface area contributed by atoms with Crippen molar-refractivity contribution in [3.63, 3.8) is 0 Å². The van der Waals surface area contributed by atoms with Gasteiger partial charge in [0.05, 0.1) is 12.2 Å². The third-order valence-corrected chi connectivity index (χ3v) is 2.88. The van der Waals surface area contributed by atoms with Gasteiger partial charge in [-0.1, -0.05) is 26.8 Å². The zero-order chi connectivity index (χ0) is 14.6. The van der Waals surface area contributed by atoms with E-state index in [2.05, 4.69) is 15.4 Å². The Balaban J connectivity index is 1.90. The third-order valence-electron chi connectivity index (χ3n) is 2.88. The van der Waals surface area contributed by atoms with Crippen molar-refractivity contribution in [1.29, 1.82) is 0 Å². The Bertz CT molecular complexity index is 569. The number of nitrogens with zero attached hydrogens (tertiary/aromatic N) is 3. The zero-order valence-corrected chi connectivity index (χ0v) is 12.1. The van der Waals surface area contributed by atoms with Crippen LogP contribution in [0.1, 0.15) is 20.8 Å². The van der Waals surface area contributed by atoms with Crippen molar-refractivity contribution in [3.05, 3.63) is 36.7 Å². The molecule has 0 unspecified atom stereocenters. The van der Waals surface area contributed by atoms with E-state index in [0.29, 0.717) is 13.1 Å². The number of rotatable bonds is 4. The summed E-state index contributed by atoms with van der Waals surface area (Å²) < 4.78 is 1.81. The molecule has 0 spiro atoms. The minimum Gasteiger partial charge on any atom is -0.354 e. The van der Waals surface area contributed by atoms with Crippen molar-refractivity contribution in [3.8, 4) is 11.4 Å². The first kappa shape index (κ1) is 14.2. The highest BCUT2D eigenvalue weighted by molar-refractivity contribution is 5.81. The number of amides is 1. The highest BCUT2D eigenvalue weighted by Gasteiger charge is 2.20. The molecule has 2 rings (SSSR count). The average Bonchev–Trinajstić information content (AvgIpc) is 2.87. The van der Waals surface area contributed by atoms with Crippen molar-refractivity contribution in [2.24, 2.45) is 5.41 Å². The molecule has 0 aliphatic carbocycles. The van der Waals surface area contributed by atoms with Gasteiger partial charge >= 0.3 is 0 Å². The van der Waals surface area contributed by atoms with Crippen LogP contribution in [0, 0.1) is 5.41 Å². The van der Waals surface area contributed by atoms with Crippen molar-refractivity contribution < 1.29 is 4.79 Å². The number of nitrogens with one attached hydrogen (secondary N) is 1. The summed E-state index contributed by atoms with van der Waals surface area (Å²) in [7, 11) is 0. The lowest BCUT2D eigenvalue weighted by Gasteiger charge is -2.17. The van der Waals surface area contributed by atoms with E-state index in [1.165, 1.54) is 0 Å². The van der Waals surface area contributed by atoms with Gasteiger partial charge < -0.3 is 5.32 Å². The Kier molecular flexibility index (Phi) is 4.17. The fourth-order valence-electron chi connectivity index (χ4n) is 1.69. The molecule has 20 heavy (non-hydrogen) atoms. The van der Waals surface area contributed by atoms with Crippen molar-refractivity contribution in [2.75, 3.05) is 6.54 Å². The first-order chi connectivity index (χ1) is 9.47. The van der Waals surface area contributed by atoms with E-state index in [9.17, 15) is 4.79 Å². The highest BCUT2D eigenvalue weighted by atomic mass is 16.2. The van der Waals surface area contributed by atoms with Crippen LogP contribution in [0.5, 0.6) is 0 Å². The fourth-order valence-corrected chi connectivity index (χ4v) is 1.69. The van der Waals surface area contributed by atoms with E-state index >= 15 is 0 Å². The summed E-state index contributed by atoms with van der Waals surface area (Å²) in [6.07, 6.45) is 3.64. The van der Waals surface area contributed by atoms with Crippen LogP contribution >= 0.6 is 0 Å². The van der Waals surface area contributed by atoms with E-state index in [4.69, 9.17) is 0 Å². The minimum absolute atomic E-state index is 0.0506. The number of aromatic nitrogens is 3. The molecular formula is C15H20N4O. The number of hydrogen-bond donors (Lipinski definition) is 1. The molecule has 2 heterocycles. The molecule has 1 amide bonds. The molecule has 0 saturated carbocycles. The number of carbonyl (C=O) groups is 1. The van der Waals surface area contributed by atoms with Crippen LogP contribution in [0.2, 0.25) is 0 Å². The molecule has 5 heteroatoms. The lowest BCUT2D eigenvalue weighted by atomic mass is 9.96. The van der Waals surface area contributed by atoms with Crippen molar-refractivity contribution in [2.45, 2.75) is 27.3 Å². The van der Waals surface area contributed by atoms with Crippen LogP contribution in [0.3, 0.4) is 0 Å². The van der Waals surface area contributed by atoms with Gasteiger partial charge in [0.25, 0.3) is 0 Å². The SMILES string of the molecule is CC(C)(C)C(=O)NCCn1ccc(-c2ccccn2)n1. The molecule has 0 aliphatic heterocycles. The molecule has 0 atom stereocenters. The fraction of sp³-hybridized carbons (Fsp3) is 0.400. The summed E-state index contributed by atoms with van der Waals surface area (Å²) in [5.41, 5.74) is 1.33. The van der Waals surface area contributed by atoms with Crippen molar-refractivity contribution in [1.82, 2.24) is 20.1 Å². The van der Waals surface area contributed by atoms with E-state index in [1.807, 2.05) is 55.9 Å². The molecule has 0 bridgehead atoms. The lowest BCUT2D eigenvalue weighted by molar-refractivity contribution is -0.128. The van der Waals surface area contributed by atoms with E-state index < -0.39 is 0 Å². The second-order valence-corrected chi connectivity index (χ2v) is 5.68. The largest absolute Gasteiger partial charge is 0.354 e.